The zero-order chi connectivity index (χ0) is 17.3. The fraction of sp³-hybridized carbons (Fsp3) is 0.400. The smallest absolute Gasteiger partial charge is 0.232 e. The second kappa shape index (κ2) is 9.16. The summed E-state index contributed by atoms with van der Waals surface area (Å²) in [5.41, 5.74) is 4.45. The van der Waals surface area contributed by atoms with E-state index in [2.05, 4.69) is 22.1 Å². The maximum absolute atomic E-state index is 11.8. The summed E-state index contributed by atoms with van der Waals surface area (Å²) < 4.78 is 25.5. The lowest BCUT2D eigenvalue weighted by atomic mass is 10.1. The Morgan fingerprint density at radius 2 is 2.13 bits per heavy atom. The van der Waals surface area contributed by atoms with E-state index >= 15 is 0 Å². The van der Waals surface area contributed by atoms with E-state index in [9.17, 15) is 13.2 Å². The topological polar surface area (TPSA) is 96.5 Å². The number of anilines is 1. The molecule has 8 heteroatoms. The molecule has 1 aromatic carbocycles. The van der Waals surface area contributed by atoms with Gasteiger partial charge in [0, 0.05) is 22.2 Å². The molecule has 0 fully saturated rings. The number of hydroxylamine groups is 1. The van der Waals surface area contributed by atoms with Crippen LogP contribution in [-0.2, 0) is 26.1 Å². The Hall–Kier alpha value is -2.06. The predicted octanol–water partition coefficient (Wildman–Crippen LogP) is 1.90. The second-order valence-electron chi connectivity index (χ2n) is 4.96. The number of carbonyl (C=O) groups excluding carboxylic acids is 1. The lowest BCUT2D eigenvalue weighted by Crippen LogP contribution is -2.30. The summed E-state index contributed by atoms with van der Waals surface area (Å²) in [6.45, 7) is 7.61. The normalized spacial score (nSPS) is 10.9. The highest BCUT2D eigenvalue weighted by molar-refractivity contribution is 7.92. The van der Waals surface area contributed by atoms with Gasteiger partial charge in [0.05, 0.1) is 18.8 Å². The van der Waals surface area contributed by atoms with Gasteiger partial charge in [0.1, 0.15) is 0 Å². The number of nitrogens with one attached hydrogen (secondary N) is 3. The molecule has 0 saturated carbocycles. The van der Waals surface area contributed by atoms with Crippen LogP contribution in [0.3, 0.4) is 0 Å². The number of hydrogen-bond acceptors (Lipinski definition) is 5. The van der Waals surface area contributed by atoms with Gasteiger partial charge in [-0.3, -0.25) is 19.8 Å². The quantitative estimate of drug-likeness (QED) is 0.444. The van der Waals surface area contributed by atoms with Gasteiger partial charge >= 0.3 is 0 Å². The van der Waals surface area contributed by atoms with Crippen molar-refractivity contribution in [3.63, 3.8) is 0 Å². The van der Waals surface area contributed by atoms with Crippen LogP contribution < -0.4 is 15.5 Å². The number of sulfonamides is 1. The monoisotopic (exact) mass is 347 g/mol. The van der Waals surface area contributed by atoms with Crippen molar-refractivity contribution in [3.8, 4) is 0 Å². The van der Waals surface area contributed by atoms with E-state index < -0.39 is 10.0 Å². The summed E-state index contributed by atoms with van der Waals surface area (Å²) in [6.07, 6.45) is 0.162. The average Bonchev–Trinajstić information content (AvgIpc) is 2.46. The molecule has 3 N–H and O–H groups in total. The van der Waals surface area contributed by atoms with E-state index in [1.54, 1.807) is 38.1 Å². The lowest BCUT2D eigenvalue weighted by molar-refractivity contribution is -0.120. The SMILES string of the molecule is C=C(C)NOCCNC(=O)Cc1cccc(NS(=O)(=O)CC)c1.[HH].[HH].[HH]. The molecule has 0 radical (unpaired) electrons. The molecule has 0 unspecified atom stereocenters. The van der Waals surface area contributed by atoms with Crippen LogP contribution in [0.25, 0.3) is 0 Å². The van der Waals surface area contributed by atoms with Crippen LogP contribution >= 0.6 is 0 Å². The van der Waals surface area contributed by atoms with Gasteiger partial charge in [-0.1, -0.05) is 18.7 Å². The second-order valence-corrected chi connectivity index (χ2v) is 6.97. The third kappa shape index (κ3) is 8.22. The highest BCUT2D eigenvalue weighted by Crippen LogP contribution is 2.13. The zero-order valence-corrected chi connectivity index (χ0v) is 14.2. The molecule has 1 rings (SSSR count). The minimum atomic E-state index is -3.33. The lowest BCUT2D eigenvalue weighted by Gasteiger charge is -2.09. The maximum atomic E-state index is 11.8. The van der Waals surface area contributed by atoms with Crippen LogP contribution in [0.5, 0.6) is 0 Å². The summed E-state index contributed by atoms with van der Waals surface area (Å²) in [4.78, 5) is 16.9. The van der Waals surface area contributed by atoms with Gasteiger partial charge in [-0.15, -0.1) is 0 Å². The van der Waals surface area contributed by atoms with E-state index in [0.29, 0.717) is 24.5 Å². The number of benzene rings is 1. The molecule has 0 heterocycles. The molecule has 0 aliphatic carbocycles. The van der Waals surface area contributed by atoms with Gasteiger partial charge in [0.2, 0.25) is 15.9 Å². The highest BCUT2D eigenvalue weighted by atomic mass is 32.2. The first kappa shape index (κ1) is 19.0. The average molecular weight is 347 g/mol. The molecule has 0 aromatic heterocycles. The largest absolute Gasteiger partial charge is 0.353 e. The van der Waals surface area contributed by atoms with Gasteiger partial charge in [-0.2, -0.15) is 0 Å². The predicted molar refractivity (Wildman–Crippen MR) is 96.5 cm³/mol. The standard InChI is InChI=1S/C15H23N3O4S.3H2/c1-4-23(20,21)18-14-7-5-6-13(10-14)11-15(19)16-8-9-22-17-12(2)3;;;/h5-7,10,17-18H,2,4,8-9,11H2,1,3H3,(H,16,19);3*1H. The van der Waals surface area contributed by atoms with E-state index in [4.69, 9.17) is 4.84 Å². The van der Waals surface area contributed by atoms with Crippen molar-refractivity contribution < 1.29 is 22.3 Å². The Labute approximate surface area is 141 Å². The fourth-order valence-corrected chi connectivity index (χ4v) is 2.29. The summed E-state index contributed by atoms with van der Waals surface area (Å²) in [5.74, 6) is -0.171. The third-order valence-electron chi connectivity index (χ3n) is 2.72. The number of hydrogen-bond donors (Lipinski definition) is 3. The molecule has 7 nitrogen and oxygen atoms in total. The molecule has 0 aliphatic heterocycles. The van der Waals surface area contributed by atoms with Crippen LogP contribution in [0.4, 0.5) is 5.69 Å². The minimum absolute atomic E-state index is 0. The summed E-state index contributed by atoms with van der Waals surface area (Å²) in [6, 6.07) is 6.76. The van der Waals surface area contributed by atoms with Crippen LogP contribution in [0.1, 0.15) is 23.7 Å². The van der Waals surface area contributed by atoms with Crippen molar-refractivity contribution in [3.05, 3.63) is 42.1 Å². The Balaban J connectivity index is -0.00000176. The molecule has 0 saturated heterocycles. The first-order valence-electron chi connectivity index (χ1n) is 7.22. The number of rotatable bonds is 10. The molecule has 0 aliphatic rings. The fourth-order valence-electron chi connectivity index (χ4n) is 1.66. The summed E-state index contributed by atoms with van der Waals surface area (Å²) in [5, 5.41) is 2.71. The van der Waals surface area contributed by atoms with E-state index in [1.165, 1.54) is 0 Å². The molecular formula is C15H29N3O4S. The van der Waals surface area contributed by atoms with Crippen molar-refractivity contribution >= 4 is 21.6 Å². The van der Waals surface area contributed by atoms with Gasteiger partial charge in [-0.05, 0) is 31.5 Å². The summed E-state index contributed by atoms with van der Waals surface area (Å²) in [7, 11) is -3.33. The molecule has 0 spiro atoms. The van der Waals surface area contributed by atoms with Crippen LogP contribution in [0, 0.1) is 0 Å². The Morgan fingerprint density at radius 1 is 1.39 bits per heavy atom. The zero-order valence-electron chi connectivity index (χ0n) is 13.4. The van der Waals surface area contributed by atoms with Crippen LogP contribution in [0.2, 0.25) is 0 Å². The molecular weight excluding hydrogens is 318 g/mol. The number of allylic oxidation sites excluding steroid dienone is 1. The molecule has 134 valence electrons. The van der Waals surface area contributed by atoms with Crippen molar-refractivity contribution in [2.24, 2.45) is 0 Å². The van der Waals surface area contributed by atoms with E-state index in [-0.39, 0.29) is 22.4 Å². The Kier molecular flexibility index (Phi) is 7.56. The van der Waals surface area contributed by atoms with Gasteiger partial charge in [0.25, 0.3) is 0 Å². The number of carbonyl (C=O) groups is 1. The minimum Gasteiger partial charge on any atom is -0.353 e. The van der Waals surface area contributed by atoms with E-state index in [1.807, 2.05) is 0 Å². The maximum Gasteiger partial charge on any atom is 0.232 e. The Bertz CT molecular complexity index is 657. The van der Waals surface area contributed by atoms with Crippen molar-refractivity contribution in [2.45, 2.75) is 20.3 Å². The summed E-state index contributed by atoms with van der Waals surface area (Å²) >= 11 is 0. The first-order chi connectivity index (χ1) is 10.8. The van der Waals surface area contributed by atoms with Crippen LogP contribution in [-0.4, -0.2) is 33.2 Å². The van der Waals surface area contributed by atoms with Crippen LogP contribution in [0.15, 0.2) is 36.5 Å². The molecule has 1 aromatic rings. The van der Waals surface area contributed by atoms with Gasteiger partial charge < -0.3 is 5.32 Å². The highest BCUT2D eigenvalue weighted by Gasteiger charge is 2.08. The van der Waals surface area contributed by atoms with E-state index in [0.717, 1.165) is 5.56 Å². The Morgan fingerprint density at radius 3 is 2.78 bits per heavy atom. The first-order valence-corrected chi connectivity index (χ1v) is 8.87. The van der Waals surface area contributed by atoms with Gasteiger partial charge in [-0.25, -0.2) is 8.42 Å². The molecule has 0 bridgehead atoms. The third-order valence-corrected chi connectivity index (χ3v) is 4.02. The molecule has 23 heavy (non-hydrogen) atoms. The number of amides is 1. The van der Waals surface area contributed by atoms with Crippen molar-refractivity contribution in [2.75, 3.05) is 23.6 Å². The molecule has 0 atom stereocenters. The molecule has 1 amide bonds. The van der Waals surface area contributed by atoms with Crippen molar-refractivity contribution in [1.29, 1.82) is 0 Å². The van der Waals surface area contributed by atoms with Gasteiger partial charge in [0.15, 0.2) is 0 Å². The van der Waals surface area contributed by atoms with Crippen molar-refractivity contribution in [1.82, 2.24) is 10.8 Å².